The number of aromatic nitrogens is 3. The Morgan fingerprint density at radius 3 is 1.59 bits per heavy atom. The molecule has 0 amide bonds. The van der Waals surface area contributed by atoms with Gasteiger partial charge in [0, 0.05) is 18.4 Å². The van der Waals surface area contributed by atoms with Gasteiger partial charge in [-0.05, 0) is 47.5 Å². The van der Waals surface area contributed by atoms with Crippen LogP contribution in [-0.2, 0) is 12.8 Å². The molecule has 0 aliphatic heterocycles. The molecule has 0 bridgehead atoms. The highest BCUT2D eigenvalue weighted by atomic mass is 16.4. The number of hydrogen-bond acceptors (Lipinski definition) is 7. The first kappa shape index (κ1) is 22.1. The van der Waals surface area contributed by atoms with Crippen LogP contribution in [-0.4, -0.2) is 53.5 Å². The first-order chi connectivity index (χ1) is 15.1. The second-order valence-corrected chi connectivity index (χ2v) is 6.92. The topological polar surface area (TPSA) is 171 Å². The molecule has 162 valence electrons. The van der Waals surface area contributed by atoms with E-state index in [9.17, 15) is 34.8 Å². The number of aliphatic hydroxyl groups excluding tert-OH is 1. The molecule has 0 aliphatic carbocycles. The van der Waals surface area contributed by atoms with E-state index in [-0.39, 0.29) is 46.7 Å². The van der Waals surface area contributed by atoms with E-state index in [1.807, 2.05) is 0 Å². The molecule has 0 saturated heterocycles. The SMILES string of the molecule is C=C(O)c1cc(Cc2cnc(Cc3cc(C(=O)O)cc(C(=O)O)c3)nn2)cc(C(=O)O)c1. The van der Waals surface area contributed by atoms with E-state index in [2.05, 4.69) is 21.8 Å². The van der Waals surface area contributed by atoms with Crippen LogP contribution in [0.1, 0.15) is 59.3 Å². The van der Waals surface area contributed by atoms with Gasteiger partial charge in [-0.2, -0.15) is 5.10 Å². The van der Waals surface area contributed by atoms with Gasteiger partial charge in [-0.3, -0.25) is 0 Å². The molecule has 0 saturated carbocycles. The highest BCUT2D eigenvalue weighted by Gasteiger charge is 2.14. The van der Waals surface area contributed by atoms with E-state index in [1.165, 1.54) is 30.5 Å². The summed E-state index contributed by atoms with van der Waals surface area (Å²) in [4.78, 5) is 38.0. The minimum atomic E-state index is -1.25. The third kappa shape index (κ3) is 5.30. The molecule has 1 aromatic heterocycles. The van der Waals surface area contributed by atoms with Crippen LogP contribution in [0.15, 0.2) is 49.2 Å². The van der Waals surface area contributed by atoms with Crippen molar-refractivity contribution < 1.29 is 34.8 Å². The molecule has 0 atom stereocenters. The molecule has 3 aromatic rings. The summed E-state index contributed by atoms with van der Waals surface area (Å²) in [5.41, 5.74) is 1.31. The molecular formula is C22H17N3O7. The van der Waals surface area contributed by atoms with Gasteiger partial charge in [0.25, 0.3) is 0 Å². The Balaban J connectivity index is 1.82. The van der Waals surface area contributed by atoms with Crippen molar-refractivity contribution in [3.63, 3.8) is 0 Å². The van der Waals surface area contributed by atoms with Gasteiger partial charge in [0.05, 0.1) is 28.6 Å². The van der Waals surface area contributed by atoms with Crippen molar-refractivity contribution in [2.24, 2.45) is 0 Å². The fourth-order valence-electron chi connectivity index (χ4n) is 3.00. The Labute approximate surface area is 181 Å². The standard InChI is InChI=1S/C22H17N3O7/c1-11(26)14-2-12(3-15(8-14)20(27)28)6-18-10-23-19(25-24-18)7-13-4-16(21(29)30)9-17(5-13)22(31)32/h2-5,8-10,26H,1,6-7H2,(H,27,28)(H,29,30)(H,31,32). The van der Waals surface area contributed by atoms with Crippen molar-refractivity contribution in [1.29, 1.82) is 0 Å². The van der Waals surface area contributed by atoms with Gasteiger partial charge < -0.3 is 20.4 Å². The lowest BCUT2D eigenvalue weighted by Gasteiger charge is -2.07. The summed E-state index contributed by atoms with van der Waals surface area (Å²) < 4.78 is 0. The Morgan fingerprint density at radius 2 is 1.16 bits per heavy atom. The van der Waals surface area contributed by atoms with E-state index in [4.69, 9.17) is 0 Å². The minimum Gasteiger partial charge on any atom is -0.508 e. The molecule has 0 aliphatic rings. The maximum absolute atomic E-state index is 11.3. The zero-order valence-corrected chi connectivity index (χ0v) is 16.5. The summed E-state index contributed by atoms with van der Waals surface area (Å²) in [6.45, 7) is 3.41. The van der Waals surface area contributed by atoms with Crippen LogP contribution in [0.5, 0.6) is 0 Å². The van der Waals surface area contributed by atoms with Crippen molar-refractivity contribution in [2.45, 2.75) is 12.8 Å². The van der Waals surface area contributed by atoms with Crippen molar-refractivity contribution in [2.75, 3.05) is 0 Å². The number of carbonyl (C=O) groups is 3. The average molecular weight is 435 g/mol. The van der Waals surface area contributed by atoms with Gasteiger partial charge in [-0.15, -0.1) is 5.10 Å². The number of carboxylic acid groups (broad SMARTS) is 3. The molecular weight excluding hydrogens is 418 g/mol. The maximum atomic E-state index is 11.3. The van der Waals surface area contributed by atoms with Crippen LogP contribution >= 0.6 is 0 Å². The summed E-state index contributed by atoms with van der Waals surface area (Å²) in [7, 11) is 0. The second kappa shape index (κ2) is 9.04. The largest absolute Gasteiger partial charge is 0.508 e. The van der Waals surface area contributed by atoms with E-state index < -0.39 is 17.9 Å². The predicted octanol–water partition coefficient (Wildman–Crippen LogP) is 2.68. The van der Waals surface area contributed by atoms with Crippen molar-refractivity contribution >= 4 is 23.7 Å². The number of benzene rings is 2. The molecule has 0 unspecified atom stereocenters. The van der Waals surface area contributed by atoms with Crippen LogP contribution < -0.4 is 0 Å². The fraction of sp³-hybridized carbons (Fsp3) is 0.0909. The van der Waals surface area contributed by atoms with Gasteiger partial charge in [0.1, 0.15) is 5.76 Å². The van der Waals surface area contributed by atoms with E-state index in [0.29, 0.717) is 16.8 Å². The molecule has 0 radical (unpaired) electrons. The monoisotopic (exact) mass is 435 g/mol. The highest BCUT2D eigenvalue weighted by Crippen LogP contribution is 2.18. The van der Waals surface area contributed by atoms with Gasteiger partial charge in [0.15, 0.2) is 5.82 Å². The molecule has 4 N–H and O–H groups in total. The maximum Gasteiger partial charge on any atom is 0.335 e. The highest BCUT2D eigenvalue weighted by molar-refractivity contribution is 5.94. The lowest BCUT2D eigenvalue weighted by Crippen LogP contribution is -2.07. The zero-order valence-electron chi connectivity index (χ0n) is 16.5. The normalized spacial score (nSPS) is 10.5. The summed E-state index contributed by atoms with van der Waals surface area (Å²) in [6, 6.07) is 8.07. The lowest BCUT2D eigenvalue weighted by molar-refractivity contribution is 0.0682. The van der Waals surface area contributed by atoms with Crippen LogP contribution in [0, 0.1) is 0 Å². The Bertz CT molecular complexity index is 1080. The number of rotatable bonds is 8. The van der Waals surface area contributed by atoms with Crippen LogP contribution in [0.25, 0.3) is 5.76 Å². The summed E-state index contributed by atoms with van der Waals surface area (Å²) in [5, 5.41) is 45.2. The van der Waals surface area contributed by atoms with E-state index >= 15 is 0 Å². The van der Waals surface area contributed by atoms with Crippen molar-refractivity contribution in [3.05, 3.63) is 94.1 Å². The predicted molar refractivity (Wildman–Crippen MR) is 111 cm³/mol. The molecule has 10 heteroatoms. The quantitative estimate of drug-likeness (QED) is 0.386. The zero-order chi connectivity index (χ0) is 23.4. The van der Waals surface area contributed by atoms with Gasteiger partial charge in [0.2, 0.25) is 0 Å². The number of hydrogen-bond donors (Lipinski definition) is 4. The number of carboxylic acids is 3. The van der Waals surface area contributed by atoms with Crippen molar-refractivity contribution in [1.82, 2.24) is 15.2 Å². The van der Waals surface area contributed by atoms with Crippen LogP contribution in [0.4, 0.5) is 0 Å². The third-order valence-corrected chi connectivity index (χ3v) is 4.46. The van der Waals surface area contributed by atoms with Gasteiger partial charge >= 0.3 is 17.9 Å². The summed E-state index contributed by atoms with van der Waals surface area (Å²) >= 11 is 0. The third-order valence-electron chi connectivity index (χ3n) is 4.46. The second-order valence-electron chi connectivity index (χ2n) is 6.92. The molecule has 3 rings (SSSR count). The first-order valence-corrected chi connectivity index (χ1v) is 9.16. The summed E-state index contributed by atoms with van der Waals surface area (Å²) in [5.74, 6) is -3.68. The van der Waals surface area contributed by atoms with E-state index in [1.54, 1.807) is 6.07 Å². The molecule has 2 aromatic carbocycles. The Morgan fingerprint density at radius 1 is 0.688 bits per heavy atom. The smallest absolute Gasteiger partial charge is 0.335 e. The van der Waals surface area contributed by atoms with Gasteiger partial charge in [-0.1, -0.05) is 6.58 Å². The molecule has 0 spiro atoms. The number of aromatic carboxylic acids is 3. The molecule has 1 heterocycles. The molecule has 0 fully saturated rings. The number of aliphatic hydroxyl groups is 1. The van der Waals surface area contributed by atoms with Crippen molar-refractivity contribution in [3.8, 4) is 0 Å². The van der Waals surface area contributed by atoms with E-state index in [0.717, 1.165) is 6.07 Å². The average Bonchev–Trinajstić information content (AvgIpc) is 2.74. The minimum absolute atomic E-state index is 0.0159. The van der Waals surface area contributed by atoms with Crippen LogP contribution in [0.3, 0.4) is 0 Å². The lowest BCUT2D eigenvalue weighted by atomic mass is 10.0. The fourth-order valence-corrected chi connectivity index (χ4v) is 3.00. The number of nitrogens with zero attached hydrogens (tertiary/aromatic N) is 3. The van der Waals surface area contributed by atoms with Crippen LogP contribution in [0.2, 0.25) is 0 Å². The Kier molecular flexibility index (Phi) is 6.24. The van der Waals surface area contributed by atoms with Gasteiger partial charge in [-0.25, -0.2) is 19.4 Å². The molecule has 10 nitrogen and oxygen atoms in total. The Hall–Kier alpha value is -4.60. The first-order valence-electron chi connectivity index (χ1n) is 9.16. The summed E-state index contributed by atoms with van der Waals surface area (Å²) in [6.07, 6.45) is 1.69. The molecule has 32 heavy (non-hydrogen) atoms.